The highest BCUT2D eigenvalue weighted by molar-refractivity contribution is 5.55. The summed E-state index contributed by atoms with van der Waals surface area (Å²) in [6.45, 7) is 2.28. The Kier molecular flexibility index (Phi) is 1.58. The Labute approximate surface area is 72.7 Å². The first-order chi connectivity index (χ1) is 5.76. The zero-order valence-electron chi connectivity index (χ0n) is 7.30. The minimum Gasteiger partial charge on any atom is -0.324 e. The zero-order valence-corrected chi connectivity index (χ0v) is 7.30. The van der Waals surface area contributed by atoms with Crippen LogP contribution in [0.1, 0.15) is 25.3 Å². The summed E-state index contributed by atoms with van der Waals surface area (Å²) >= 11 is 0. The normalized spacial score (nSPS) is 18.8. The molecule has 0 atom stereocenters. The Bertz CT molecular complexity index is 290. The van der Waals surface area contributed by atoms with Gasteiger partial charge in [0.15, 0.2) is 0 Å². The van der Waals surface area contributed by atoms with Crippen LogP contribution >= 0.6 is 0 Å². The molecule has 2 heteroatoms. The van der Waals surface area contributed by atoms with Crippen LogP contribution in [0.2, 0.25) is 0 Å². The molecule has 1 aliphatic rings. The Morgan fingerprint density at radius 1 is 1.33 bits per heavy atom. The highest BCUT2D eigenvalue weighted by Gasteiger charge is 2.40. The van der Waals surface area contributed by atoms with Gasteiger partial charge >= 0.3 is 0 Å². The van der Waals surface area contributed by atoms with E-state index in [-0.39, 0.29) is 0 Å². The van der Waals surface area contributed by atoms with Gasteiger partial charge < -0.3 is 5.43 Å². The predicted octanol–water partition coefficient (Wildman–Crippen LogP) is 2.02. The van der Waals surface area contributed by atoms with Crippen molar-refractivity contribution in [3.63, 3.8) is 0 Å². The number of hydrogen-bond donors (Lipinski definition) is 2. The monoisotopic (exact) mass is 162 g/mol. The van der Waals surface area contributed by atoms with E-state index in [1.807, 2.05) is 12.1 Å². The Balaban J connectivity index is 2.42. The standard InChI is InChI=1S/C10H14N2/c1-10(6-7-10)8-4-2-3-5-9(8)12-11/h2-5,12H,6-7,11H2,1H3. The van der Waals surface area contributed by atoms with Gasteiger partial charge in [-0.15, -0.1) is 0 Å². The third-order valence-corrected chi connectivity index (χ3v) is 2.73. The molecule has 0 aliphatic heterocycles. The van der Waals surface area contributed by atoms with Gasteiger partial charge in [-0.25, -0.2) is 0 Å². The van der Waals surface area contributed by atoms with Crippen molar-refractivity contribution in [3.05, 3.63) is 29.8 Å². The molecule has 1 fully saturated rings. The molecule has 3 N–H and O–H groups in total. The van der Waals surface area contributed by atoms with Crippen LogP contribution < -0.4 is 11.3 Å². The van der Waals surface area contributed by atoms with E-state index in [0.29, 0.717) is 5.41 Å². The van der Waals surface area contributed by atoms with Gasteiger partial charge in [0.05, 0.1) is 5.69 Å². The lowest BCUT2D eigenvalue weighted by molar-refractivity contribution is 0.789. The average Bonchev–Trinajstić information content (AvgIpc) is 2.85. The van der Waals surface area contributed by atoms with Gasteiger partial charge in [-0.05, 0) is 29.9 Å². The van der Waals surface area contributed by atoms with Crippen molar-refractivity contribution in [2.75, 3.05) is 5.43 Å². The lowest BCUT2D eigenvalue weighted by atomic mass is 9.97. The third kappa shape index (κ3) is 1.08. The van der Waals surface area contributed by atoms with Gasteiger partial charge in [0.2, 0.25) is 0 Å². The molecular formula is C10H14N2. The number of rotatable bonds is 2. The van der Waals surface area contributed by atoms with Crippen LogP contribution in [0.15, 0.2) is 24.3 Å². The summed E-state index contributed by atoms with van der Waals surface area (Å²) in [7, 11) is 0. The van der Waals surface area contributed by atoms with E-state index in [9.17, 15) is 0 Å². The number of nitrogen functional groups attached to an aromatic ring is 1. The molecule has 12 heavy (non-hydrogen) atoms. The molecule has 0 aromatic heterocycles. The molecule has 0 amide bonds. The number of hydrogen-bond acceptors (Lipinski definition) is 2. The summed E-state index contributed by atoms with van der Waals surface area (Å²) in [6, 6.07) is 8.26. The molecule has 1 aliphatic carbocycles. The molecule has 1 aromatic rings. The predicted molar refractivity (Wildman–Crippen MR) is 50.8 cm³/mol. The molecule has 0 heterocycles. The van der Waals surface area contributed by atoms with Crippen molar-refractivity contribution in [1.82, 2.24) is 0 Å². The average molecular weight is 162 g/mol. The number of nitrogens with one attached hydrogen (secondary N) is 1. The first-order valence-corrected chi connectivity index (χ1v) is 4.32. The van der Waals surface area contributed by atoms with Crippen molar-refractivity contribution < 1.29 is 0 Å². The quantitative estimate of drug-likeness (QED) is 0.515. The van der Waals surface area contributed by atoms with Gasteiger partial charge in [-0.1, -0.05) is 25.1 Å². The van der Waals surface area contributed by atoms with Crippen molar-refractivity contribution in [3.8, 4) is 0 Å². The fourth-order valence-corrected chi connectivity index (χ4v) is 1.59. The van der Waals surface area contributed by atoms with E-state index >= 15 is 0 Å². The van der Waals surface area contributed by atoms with Crippen LogP contribution in [0.4, 0.5) is 5.69 Å². The first-order valence-electron chi connectivity index (χ1n) is 4.32. The van der Waals surface area contributed by atoms with Gasteiger partial charge in [0, 0.05) is 0 Å². The summed E-state index contributed by atoms with van der Waals surface area (Å²) in [6.07, 6.45) is 2.57. The van der Waals surface area contributed by atoms with Crippen LogP contribution in [0.25, 0.3) is 0 Å². The molecule has 0 bridgehead atoms. The van der Waals surface area contributed by atoms with E-state index in [1.54, 1.807) is 0 Å². The maximum Gasteiger partial charge on any atom is 0.0522 e. The van der Waals surface area contributed by atoms with Gasteiger partial charge in [-0.3, -0.25) is 5.84 Å². The van der Waals surface area contributed by atoms with Crippen LogP contribution in [0.3, 0.4) is 0 Å². The van der Waals surface area contributed by atoms with E-state index in [2.05, 4.69) is 24.5 Å². The number of benzene rings is 1. The molecule has 0 unspecified atom stereocenters. The molecule has 2 rings (SSSR count). The SMILES string of the molecule is CC1(c2ccccc2NN)CC1. The smallest absolute Gasteiger partial charge is 0.0522 e. The van der Waals surface area contributed by atoms with Crippen molar-refractivity contribution in [1.29, 1.82) is 0 Å². The van der Waals surface area contributed by atoms with E-state index in [4.69, 9.17) is 5.84 Å². The number of nitrogens with two attached hydrogens (primary N) is 1. The maximum atomic E-state index is 5.43. The van der Waals surface area contributed by atoms with Crippen molar-refractivity contribution >= 4 is 5.69 Å². The Hall–Kier alpha value is -1.02. The molecular weight excluding hydrogens is 148 g/mol. The zero-order chi connectivity index (χ0) is 8.60. The van der Waals surface area contributed by atoms with Crippen LogP contribution in [-0.4, -0.2) is 0 Å². The summed E-state index contributed by atoms with van der Waals surface area (Å²) < 4.78 is 0. The highest BCUT2D eigenvalue weighted by Crippen LogP contribution is 2.49. The second kappa shape index (κ2) is 2.49. The van der Waals surface area contributed by atoms with E-state index in [0.717, 1.165) is 5.69 Å². The Morgan fingerprint density at radius 2 is 2.00 bits per heavy atom. The van der Waals surface area contributed by atoms with Crippen LogP contribution in [0.5, 0.6) is 0 Å². The number of para-hydroxylation sites is 1. The lowest BCUT2D eigenvalue weighted by Crippen LogP contribution is -2.12. The largest absolute Gasteiger partial charge is 0.324 e. The fourth-order valence-electron chi connectivity index (χ4n) is 1.59. The molecule has 0 saturated heterocycles. The number of anilines is 1. The second-order valence-corrected chi connectivity index (χ2v) is 3.75. The molecule has 1 saturated carbocycles. The summed E-state index contributed by atoms with van der Waals surface area (Å²) in [5, 5.41) is 0. The lowest BCUT2D eigenvalue weighted by Gasteiger charge is -2.13. The summed E-state index contributed by atoms with van der Waals surface area (Å²) in [4.78, 5) is 0. The van der Waals surface area contributed by atoms with E-state index < -0.39 is 0 Å². The second-order valence-electron chi connectivity index (χ2n) is 3.75. The van der Waals surface area contributed by atoms with Crippen molar-refractivity contribution in [2.24, 2.45) is 5.84 Å². The first kappa shape index (κ1) is 7.62. The van der Waals surface area contributed by atoms with Gasteiger partial charge in [0.25, 0.3) is 0 Å². The molecule has 64 valence electrons. The highest BCUT2D eigenvalue weighted by atomic mass is 15.2. The van der Waals surface area contributed by atoms with Gasteiger partial charge in [0.1, 0.15) is 0 Å². The van der Waals surface area contributed by atoms with Gasteiger partial charge in [-0.2, -0.15) is 0 Å². The van der Waals surface area contributed by atoms with Crippen molar-refractivity contribution in [2.45, 2.75) is 25.2 Å². The minimum absolute atomic E-state index is 0.392. The molecule has 1 aromatic carbocycles. The molecule has 0 radical (unpaired) electrons. The fraction of sp³-hybridized carbons (Fsp3) is 0.400. The number of hydrazine groups is 1. The maximum absolute atomic E-state index is 5.43. The Morgan fingerprint density at radius 3 is 2.58 bits per heavy atom. The molecule has 0 spiro atoms. The van der Waals surface area contributed by atoms with E-state index in [1.165, 1.54) is 18.4 Å². The summed E-state index contributed by atoms with van der Waals surface area (Å²) in [5.74, 6) is 5.43. The third-order valence-electron chi connectivity index (χ3n) is 2.73. The minimum atomic E-state index is 0.392. The van der Waals surface area contributed by atoms with Crippen LogP contribution in [0, 0.1) is 0 Å². The topological polar surface area (TPSA) is 38.0 Å². The molecule has 2 nitrogen and oxygen atoms in total. The van der Waals surface area contributed by atoms with Crippen LogP contribution in [-0.2, 0) is 5.41 Å². The summed E-state index contributed by atoms with van der Waals surface area (Å²) in [5.41, 5.74) is 5.56.